The number of anilines is 1. The highest BCUT2D eigenvalue weighted by Crippen LogP contribution is 2.28. The van der Waals surface area contributed by atoms with E-state index >= 15 is 0 Å². The van der Waals surface area contributed by atoms with Crippen molar-refractivity contribution in [2.45, 2.75) is 19.8 Å². The summed E-state index contributed by atoms with van der Waals surface area (Å²) in [6.45, 7) is 5.96. The van der Waals surface area contributed by atoms with Gasteiger partial charge in [-0.3, -0.25) is 4.21 Å². The molecular formula is C17H22N2OS. The molecule has 0 amide bonds. The van der Waals surface area contributed by atoms with Crippen LogP contribution in [-0.4, -0.2) is 39.7 Å². The average Bonchev–Trinajstić information content (AvgIpc) is 2.46. The number of pyridine rings is 1. The fraction of sp³-hybridized carbons (Fsp3) is 0.412. The van der Waals surface area contributed by atoms with Gasteiger partial charge in [-0.05, 0) is 44.4 Å². The third kappa shape index (κ3) is 2.91. The van der Waals surface area contributed by atoms with E-state index in [1.54, 1.807) is 0 Å². The Morgan fingerprint density at radius 2 is 1.95 bits per heavy atom. The van der Waals surface area contributed by atoms with Gasteiger partial charge < -0.3 is 4.90 Å². The molecule has 3 nitrogen and oxygen atoms in total. The minimum absolute atomic E-state index is 0.502. The smallest absolute Gasteiger partial charge is 0.136 e. The first-order valence-corrected chi connectivity index (χ1v) is 9.49. The normalized spacial score (nSPS) is 18.3. The van der Waals surface area contributed by atoms with Gasteiger partial charge in [0.2, 0.25) is 0 Å². The van der Waals surface area contributed by atoms with Crippen molar-refractivity contribution in [3.05, 3.63) is 36.0 Å². The second-order valence-electron chi connectivity index (χ2n) is 6.13. The molecule has 2 aromatic rings. The lowest BCUT2D eigenvalue weighted by Gasteiger charge is -2.30. The van der Waals surface area contributed by atoms with E-state index in [1.165, 1.54) is 16.3 Å². The van der Waals surface area contributed by atoms with Crippen molar-refractivity contribution < 1.29 is 4.21 Å². The number of nitrogens with zero attached hydrogens (tertiary/aromatic N) is 2. The maximum atomic E-state index is 12.0. The van der Waals surface area contributed by atoms with Crippen LogP contribution >= 0.6 is 0 Å². The third-order valence-electron chi connectivity index (χ3n) is 4.20. The fourth-order valence-electron chi connectivity index (χ4n) is 2.76. The maximum absolute atomic E-state index is 12.0. The Morgan fingerprint density at radius 3 is 2.62 bits per heavy atom. The molecule has 0 N–H and O–H groups in total. The lowest BCUT2D eigenvalue weighted by molar-refractivity contribution is 0.670. The molecule has 0 saturated carbocycles. The van der Waals surface area contributed by atoms with Gasteiger partial charge in [-0.25, -0.2) is 4.98 Å². The Labute approximate surface area is 127 Å². The molecule has 1 saturated heterocycles. The van der Waals surface area contributed by atoms with Crippen LogP contribution in [0.25, 0.3) is 10.8 Å². The van der Waals surface area contributed by atoms with Crippen LogP contribution in [0.5, 0.6) is 0 Å². The van der Waals surface area contributed by atoms with Gasteiger partial charge in [0.05, 0.1) is 0 Å². The van der Waals surface area contributed by atoms with Crippen molar-refractivity contribution >= 4 is 32.0 Å². The van der Waals surface area contributed by atoms with Crippen molar-refractivity contribution in [3.8, 4) is 0 Å². The van der Waals surface area contributed by atoms with Crippen molar-refractivity contribution in [2.75, 3.05) is 29.5 Å². The monoisotopic (exact) mass is 302 g/mol. The SMILES string of the molecule is C=S1(=O)CCN(c2nccc3ccc(C(C)C)cc23)CC1. The van der Waals surface area contributed by atoms with E-state index in [9.17, 15) is 4.21 Å². The molecule has 0 aliphatic carbocycles. The van der Waals surface area contributed by atoms with E-state index in [4.69, 9.17) is 0 Å². The summed E-state index contributed by atoms with van der Waals surface area (Å²) in [7, 11) is -1.87. The number of hydrogen-bond acceptors (Lipinski definition) is 3. The summed E-state index contributed by atoms with van der Waals surface area (Å²) in [5.74, 6) is 6.68. The summed E-state index contributed by atoms with van der Waals surface area (Å²) in [4.78, 5) is 6.84. The molecule has 0 atom stereocenters. The van der Waals surface area contributed by atoms with Crippen LogP contribution in [0.3, 0.4) is 0 Å². The summed E-state index contributed by atoms with van der Waals surface area (Å²) in [5, 5.41) is 2.41. The molecule has 1 aliphatic heterocycles. The lowest BCUT2D eigenvalue weighted by Crippen LogP contribution is -2.40. The van der Waals surface area contributed by atoms with Crippen LogP contribution < -0.4 is 4.90 Å². The van der Waals surface area contributed by atoms with Gasteiger partial charge in [-0.1, -0.05) is 26.0 Å². The summed E-state index contributed by atoms with van der Waals surface area (Å²) in [6.07, 6.45) is 1.86. The highest BCUT2D eigenvalue weighted by Gasteiger charge is 2.20. The van der Waals surface area contributed by atoms with Crippen LogP contribution in [0.4, 0.5) is 5.82 Å². The first-order chi connectivity index (χ1) is 9.96. The highest BCUT2D eigenvalue weighted by molar-refractivity contribution is 8.00. The zero-order valence-corrected chi connectivity index (χ0v) is 13.5. The van der Waals surface area contributed by atoms with Crippen molar-refractivity contribution in [1.29, 1.82) is 0 Å². The van der Waals surface area contributed by atoms with Crippen LogP contribution in [-0.2, 0) is 9.52 Å². The van der Waals surface area contributed by atoms with E-state index in [0.29, 0.717) is 17.4 Å². The van der Waals surface area contributed by atoms with Gasteiger partial charge in [0.1, 0.15) is 5.82 Å². The van der Waals surface area contributed by atoms with E-state index in [0.717, 1.165) is 18.9 Å². The Bertz CT molecular complexity index is 751. The van der Waals surface area contributed by atoms with E-state index in [-0.39, 0.29) is 0 Å². The third-order valence-corrected chi connectivity index (χ3v) is 6.05. The summed E-state index contributed by atoms with van der Waals surface area (Å²) < 4.78 is 12.0. The summed E-state index contributed by atoms with van der Waals surface area (Å²) in [6, 6.07) is 8.66. The second kappa shape index (κ2) is 5.34. The van der Waals surface area contributed by atoms with Gasteiger partial charge in [0, 0.05) is 36.2 Å². The zero-order chi connectivity index (χ0) is 15.0. The quantitative estimate of drug-likeness (QED) is 0.800. The fourth-order valence-corrected chi connectivity index (χ4v) is 4.07. The average molecular weight is 302 g/mol. The summed E-state index contributed by atoms with van der Waals surface area (Å²) in [5.41, 5.74) is 1.33. The van der Waals surface area contributed by atoms with Crippen LogP contribution in [0.15, 0.2) is 30.5 Å². The molecule has 21 heavy (non-hydrogen) atoms. The Kier molecular flexibility index (Phi) is 3.66. The molecule has 4 heteroatoms. The molecular weight excluding hydrogens is 280 g/mol. The molecule has 1 fully saturated rings. The minimum Gasteiger partial charge on any atom is -0.354 e. The Balaban J connectivity index is 2.04. The molecule has 1 aromatic carbocycles. The number of aromatic nitrogens is 1. The van der Waals surface area contributed by atoms with Crippen LogP contribution in [0.2, 0.25) is 0 Å². The number of rotatable bonds is 2. The zero-order valence-electron chi connectivity index (χ0n) is 12.7. The molecule has 0 bridgehead atoms. The minimum atomic E-state index is -1.87. The van der Waals surface area contributed by atoms with Gasteiger partial charge >= 0.3 is 0 Å². The Hall–Kier alpha value is -1.55. The van der Waals surface area contributed by atoms with E-state index in [1.807, 2.05) is 6.20 Å². The topological polar surface area (TPSA) is 33.2 Å². The Morgan fingerprint density at radius 1 is 1.24 bits per heavy atom. The van der Waals surface area contributed by atoms with Crippen LogP contribution in [0.1, 0.15) is 25.3 Å². The number of fused-ring (bicyclic) bond motifs is 1. The molecule has 1 aliphatic rings. The molecule has 2 heterocycles. The van der Waals surface area contributed by atoms with Crippen molar-refractivity contribution in [1.82, 2.24) is 4.98 Å². The molecule has 3 rings (SSSR count). The van der Waals surface area contributed by atoms with E-state index in [2.05, 4.69) is 53.9 Å². The predicted molar refractivity (Wildman–Crippen MR) is 93.0 cm³/mol. The number of benzene rings is 1. The first-order valence-electron chi connectivity index (χ1n) is 7.42. The maximum Gasteiger partial charge on any atom is 0.136 e. The molecule has 0 spiro atoms. The molecule has 1 aromatic heterocycles. The van der Waals surface area contributed by atoms with Crippen molar-refractivity contribution in [2.24, 2.45) is 0 Å². The second-order valence-corrected chi connectivity index (χ2v) is 8.88. The standard InChI is InChI=1S/C17H22N2OS/c1-13(2)15-5-4-14-6-7-18-17(16(14)12-15)19-8-10-21(3,20)11-9-19/h4-7,12-13H,3,8-11H2,1-2H3. The highest BCUT2D eigenvalue weighted by atomic mass is 32.2. The molecule has 112 valence electrons. The van der Waals surface area contributed by atoms with Crippen molar-refractivity contribution in [3.63, 3.8) is 0 Å². The van der Waals surface area contributed by atoms with Gasteiger partial charge in [0.25, 0.3) is 0 Å². The summed E-state index contributed by atoms with van der Waals surface area (Å²) >= 11 is 0. The van der Waals surface area contributed by atoms with Crippen LogP contribution in [0, 0.1) is 0 Å². The lowest BCUT2D eigenvalue weighted by atomic mass is 10.00. The van der Waals surface area contributed by atoms with E-state index < -0.39 is 9.52 Å². The molecule has 0 unspecified atom stereocenters. The van der Waals surface area contributed by atoms with Gasteiger partial charge in [0.15, 0.2) is 0 Å². The largest absolute Gasteiger partial charge is 0.354 e. The van der Waals surface area contributed by atoms with Gasteiger partial charge in [-0.15, -0.1) is 0 Å². The first kappa shape index (κ1) is 14.4. The predicted octanol–water partition coefficient (Wildman–Crippen LogP) is 2.89. The van der Waals surface area contributed by atoms with Gasteiger partial charge in [-0.2, -0.15) is 0 Å². The number of hydrogen-bond donors (Lipinski definition) is 0. The molecule has 0 radical (unpaired) electrons.